The van der Waals surface area contributed by atoms with Crippen LogP contribution in [-0.2, 0) is 4.79 Å². The summed E-state index contributed by atoms with van der Waals surface area (Å²) in [6, 6.07) is 8.80. The Morgan fingerprint density at radius 3 is 2.61 bits per heavy atom. The summed E-state index contributed by atoms with van der Waals surface area (Å²) in [5.41, 5.74) is 1.93. The lowest BCUT2D eigenvalue weighted by Crippen LogP contribution is -2.23. The average Bonchev–Trinajstić information content (AvgIpc) is 2.97. The van der Waals surface area contributed by atoms with E-state index >= 15 is 0 Å². The zero-order valence-corrected chi connectivity index (χ0v) is 15.2. The first kappa shape index (κ1) is 16.1. The number of anilines is 2. The van der Waals surface area contributed by atoms with Crippen LogP contribution in [0.25, 0.3) is 0 Å². The quantitative estimate of drug-likeness (QED) is 0.737. The smallest absolute Gasteiger partial charge is 0.255 e. The molecule has 1 aliphatic rings. The van der Waals surface area contributed by atoms with Gasteiger partial charge in [0.05, 0.1) is 5.69 Å². The lowest BCUT2D eigenvalue weighted by Gasteiger charge is -2.16. The van der Waals surface area contributed by atoms with Gasteiger partial charge in [-0.15, -0.1) is 0 Å². The van der Waals surface area contributed by atoms with E-state index in [0.717, 1.165) is 23.1 Å². The van der Waals surface area contributed by atoms with Gasteiger partial charge in [0.25, 0.3) is 5.91 Å². The molecule has 3 rings (SSSR count). The molecule has 7 heteroatoms. The van der Waals surface area contributed by atoms with Crippen molar-refractivity contribution in [2.45, 2.75) is 12.8 Å². The van der Waals surface area contributed by atoms with Gasteiger partial charge < -0.3 is 10.2 Å². The zero-order valence-electron chi connectivity index (χ0n) is 12.1. The minimum Gasteiger partial charge on any atom is -0.320 e. The van der Waals surface area contributed by atoms with Crippen LogP contribution in [0.5, 0.6) is 0 Å². The van der Waals surface area contributed by atoms with Crippen molar-refractivity contribution in [2.24, 2.45) is 0 Å². The molecule has 0 bridgehead atoms. The number of pyridine rings is 1. The Balaban J connectivity index is 1.75. The van der Waals surface area contributed by atoms with Crippen molar-refractivity contribution in [3.8, 4) is 0 Å². The number of benzene rings is 1. The molecule has 1 aliphatic heterocycles. The van der Waals surface area contributed by atoms with Crippen LogP contribution in [0, 0.1) is 0 Å². The van der Waals surface area contributed by atoms with E-state index in [9.17, 15) is 9.59 Å². The summed E-state index contributed by atoms with van der Waals surface area (Å²) in [7, 11) is 0. The maximum atomic E-state index is 12.3. The van der Waals surface area contributed by atoms with Crippen LogP contribution in [0.15, 0.2) is 45.6 Å². The minimum atomic E-state index is -0.232. The van der Waals surface area contributed by atoms with Crippen LogP contribution >= 0.6 is 31.9 Å². The summed E-state index contributed by atoms with van der Waals surface area (Å²) >= 11 is 6.63. The van der Waals surface area contributed by atoms with E-state index in [1.807, 2.05) is 0 Å². The second-order valence-corrected chi connectivity index (χ2v) is 6.81. The number of rotatable bonds is 3. The van der Waals surface area contributed by atoms with Crippen LogP contribution in [0.3, 0.4) is 0 Å². The number of carbonyl (C=O) groups is 2. The van der Waals surface area contributed by atoms with Crippen LogP contribution in [0.2, 0.25) is 0 Å². The molecule has 5 nitrogen and oxygen atoms in total. The van der Waals surface area contributed by atoms with Crippen molar-refractivity contribution in [2.75, 3.05) is 16.8 Å². The monoisotopic (exact) mass is 437 g/mol. The minimum absolute atomic E-state index is 0.131. The van der Waals surface area contributed by atoms with Gasteiger partial charge in [-0.25, -0.2) is 4.98 Å². The Hall–Kier alpha value is -1.73. The molecular formula is C16H13Br2N3O2. The van der Waals surface area contributed by atoms with Gasteiger partial charge in [-0.05, 0) is 68.6 Å². The molecule has 1 saturated heterocycles. The predicted octanol–water partition coefficient (Wildman–Crippen LogP) is 3.99. The molecule has 0 saturated carbocycles. The highest BCUT2D eigenvalue weighted by molar-refractivity contribution is 9.11. The number of carbonyl (C=O) groups excluding carboxylic acids is 2. The van der Waals surface area contributed by atoms with Gasteiger partial charge in [0.2, 0.25) is 5.91 Å². The Labute approximate surface area is 150 Å². The molecule has 1 fully saturated rings. The zero-order chi connectivity index (χ0) is 16.4. The molecule has 0 atom stereocenters. The van der Waals surface area contributed by atoms with Gasteiger partial charge in [-0.2, -0.15) is 0 Å². The highest BCUT2D eigenvalue weighted by Crippen LogP contribution is 2.25. The summed E-state index contributed by atoms with van der Waals surface area (Å²) in [6.07, 6.45) is 3.11. The molecule has 2 aromatic rings. The first-order valence-corrected chi connectivity index (χ1v) is 8.66. The Morgan fingerprint density at radius 2 is 1.96 bits per heavy atom. The van der Waals surface area contributed by atoms with E-state index < -0.39 is 0 Å². The topological polar surface area (TPSA) is 62.3 Å². The number of nitrogens with zero attached hydrogens (tertiary/aromatic N) is 2. The van der Waals surface area contributed by atoms with Crippen molar-refractivity contribution in [1.82, 2.24) is 4.98 Å². The first-order valence-electron chi connectivity index (χ1n) is 7.07. The lowest BCUT2D eigenvalue weighted by molar-refractivity contribution is -0.117. The number of aromatic nitrogens is 1. The summed E-state index contributed by atoms with van der Waals surface area (Å²) in [5.74, 6) is -0.101. The molecule has 2 amide bonds. The number of hydrogen-bond donors (Lipinski definition) is 1. The molecule has 118 valence electrons. The van der Waals surface area contributed by atoms with E-state index in [2.05, 4.69) is 42.2 Å². The highest BCUT2D eigenvalue weighted by Gasteiger charge is 2.21. The fourth-order valence-corrected chi connectivity index (χ4v) is 3.07. The maximum Gasteiger partial charge on any atom is 0.255 e. The fraction of sp³-hybridized carbons (Fsp3) is 0.188. The van der Waals surface area contributed by atoms with Crippen molar-refractivity contribution in [1.29, 1.82) is 0 Å². The summed E-state index contributed by atoms with van der Waals surface area (Å²) in [6.45, 7) is 0.737. The van der Waals surface area contributed by atoms with Crippen LogP contribution in [0.1, 0.15) is 23.2 Å². The van der Waals surface area contributed by atoms with Crippen LogP contribution in [0.4, 0.5) is 11.4 Å². The largest absolute Gasteiger partial charge is 0.320 e. The average molecular weight is 439 g/mol. The van der Waals surface area contributed by atoms with Gasteiger partial charge in [0.15, 0.2) is 0 Å². The van der Waals surface area contributed by atoms with Gasteiger partial charge in [-0.3, -0.25) is 9.59 Å². The van der Waals surface area contributed by atoms with Crippen molar-refractivity contribution in [3.63, 3.8) is 0 Å². The summed E-state index contributed by atoms with van der Waals surface area (Å²) in [5, 5.41) is 2.81. The third-order valence-corrected chi connectivity index (χ3v) is 4.63. The fourth-order valence-electron chi connectivity index (χ4n) is 2.42. The standard InChI is InChI=1S/C16H13Br2N3O2/c17-11-8-13(15(18)19-9-11)20-16(23)10-3-5-12(6-4-10)21-7-1-2-14(21)22/h3-6,8-9H,1-2,7H2,(H,20,23). The number of hydrogen-bond acceptors (Lipinski definition) is 3. The van der Waals surface area contributed by atoms with E-state index in [1.165, 1.54) is 0 Å². The van der Waals surface area contributed by atoms with E-state index in [1.54, 1.807) is 41.4 Å². The van der Waals surface area contributed by atoms with Gasteiger partial charge in [0, 0.05) is 34.9 Å². The molecule has 0 aliphatic carbocycles. The normalized spacial score (nSPS) is 14.2. The lowest BCUT2D eigenvalue weighted by atomic mass is 10.2. The van der Waals surface area contributed by atoms with Crippen LogP contribution < -0.4 is 10.2 Å². The van der Waals surface area contributed by atoms with E-state index in [4.69, 9.17) is 0 Å². The van der Waals surface area contributed by atoms with Crippen molar-refractivity contribution in [3.05, 3.63) is 51.2 Å². The Bertz CT molecular complexity index is 762. The number of halogens is 2. The Morgan fingerprint density at radius 1 is 1.22 bits per heavy atom. The molecule has 1 aromatic heterocycles. The van der Waals surface area contributed by atoms with Gasteiger partial charge in [-0.1, -0.05) is 0 Å². The number of amides is 2. The molecule has 1 aromatic carbocycles. The van der Waals surface area contributed by atoms with Crippen LogP contribution in [-0.4, -0.2) is 23.3 Å². The van der Waals surface area contributed by atoms with E-state index in [0.29, 0.717) is 22.3 Å². The molecule has 0 spiro atoms. The van der Waals surface area contributed by atoms with Crippen molar-refractivity contribution < 1.29 is 9.59 Å². The van der Waals surface area contributed by atoms with E-state index in [-0.39, 0.29) is 11.8 Å². The summed E-state index contributed by atoms with van der Waals surface area (Å²) < 4.78 is 1.34. The SMILES string of the molecule is O=C(Nc1cc(Br)cnc1Br)c1ccc(N2CCCC2=O)cc1. The molecule has 0 unspecified atom stereocenters. The third-order valence-electron chi connectivity index (χ3n) is 3.57. The Kier molecular flexibility index (Phi) is 4.77. The van der Waals surface area contributed by atoms with Gasteiger partial charge >= 0.3 is 0 Å². The first-order chi connectivity index (χ1) is 11.0. The van der Waals surface area contributed by atoms with Crippen molar-refractivity contribution >= 4 is 55.0 Å². The second-order valence-electron chi connectivity index (χ2n) is 5.14. The number of nitrogens with one attached hydrogen (secondary N) is 1. The maximum absolute atomic E-state index is 12.3. The molecule has 23 heavy (non-hydrogen) atoms. The second kappa shape index (κ2) is 6.80. The molecular weight excluding hydrogens is 426 g/mol. The predicted molar refractivity (Wildman–Crippen MR) is 95.6 cm³/mol. The highest BCUT2D eigenvalue weighted by atomic mass is 79.9. The molecule has 1 N–H and O–H groups in total. The molecule has 0 radical (unpaired) electrons. The third kappa shape index (κ3) is 3.61. The summed E-state index contributed by atoms with van der Waals surface area (Å²) in [4.78, 5) is 29.9. The van der Waals surface area contributed by atoms with Gasteiger partial charge in [0.1, 0.15) is 4.60 Å². The molecule has 2 heterocycles.